The van der Waals surface area contributed by atoms with E-state index >= 15 is 0 Å². The van der Waals surface area contributed by atoms with Gasteiger partial charge in [0.05, 0.1) is 12.7 Å². The van der Waals surface area contributed by atoms with Crippen LogP contribution in [0.2, 0.25) is 0 Å². The maximum atomic E-state index is 12.1. The summed E-state index contributed by atoms with van der Waals surface area (Å²) in [5, 5.41) is 0. The fourth-order valence-electron chi connectivity index (χ4n) is 1.59. The van der Waals surface area contributed by atoms with Gasteiger partial charge in [0.15, 0.2) is 7.14 Å². The lowest BCUT2D eigenvalue weighted by molar-refractivity contribution is -0.597. The fourth-order valence-corrected chi connectivity index (χ4v) is 3.75. The van der Waals surface area contributed by atoms with E-state index < -0.39 is 33.5 Å². The van der Waals surface area contributed by atoms with E-state index in [1.165, 1.54) is 19.2 Å². The maximum absolute atomic E-state index is 12.1. The first-order valence-corrected chi connectivity index (χ1v) is 8.22. The number of ether oxygens (including phenoxy) is 2. The monoisotopic (exact) mass is 423 g/mol. The molecule has 0 radical (unpaired) electrons. The van der Waals surface area contributed by atoms with Gasteiger partial charge in [-0.3, -0.25) is 0 Å². The molecule has 0 atom stereocenters. The minimum Gasteiger partial charge on any atom is -0.465 e. The molecule has 3 nitrogen and oxygen atoms in total. The van der Waals surface area contributed by atoms with Crippen LogP contribution < -0.4 is 25.9 Å². The lowest BCUT2D eigenvalue weighted by Gasteiger charge is -2.07. The van der Waals surface area contributed by atoms with Crippen molar-refractivity contribution in [3.8, 4) is 5.75 Å². The van der Waals surface area contributed by atoms with Crippen LogP contribution in [0.15, 0.2) is 48.5 Å². The number of halogens is 4. The van der Waals surface area contributed by atoms with Gasteiger partial charge in [0.25, 0.3) is 0 Å². The van der Waals surface area contributed by atoms with Crippen LogP contribution in [0.1, 0.15) is 10.4 Å². The number of methoxy groups -OCH3 is 1. The number of benzene rings is 2. The molecule has 22 heavy (non-hydrogen) atoms. The molecule has 0 heterocycles. The molecule has 0 aliphatic carbocycles. The topological polar surface area (TPSA) is 35.5 Å². The summed E-state index contributed by atoms with van der Waals surface area (Å²) in [5.74, 6) is -0.639. The molecule has 0 saturated carbocycles. The number of rotatable bonds is 4. The Labute approximate surface area is 135 Å². The van der Waals surface area contributed by atoms with Gasteiger partial charge in [0.2, 0.25) is 0 Å². The van der Waals surface area contributed by atoms with E-state index in [1.54, 1.807) is 24.3 Å². The number of hydrogen-bond donors (Lipinski definition) is 0. The number of hydrogen-bond acceptors (Lipinski definition) is 3. The Kier molecular flexibility index (Phi) is 5.28. The summed E-state index contributed by atoms with van der Waals surface area (Å²) in [4.78, 5) is 11.3. The van der Waals surface area contributed by atoms with Gasteiger partial charge in [-0.05, 0) is 48.5 Å². The third-order valence-corrected chi connectivity index (χ3v) is 5.21. The standard InChI is InChI=1S/C15H11F3IO3/c1-21-14(20)10-2-4-11(5-3-10)19-12-6-8-13(9-7-12)22-15(16,17)18/h2-9H,1H3/q+1. The molecule has 7 heteroatoms. The first kappa shape index (κ1) is 16.6. The maximum Gasteiger partial charge on any atom is 0.573 e. The Bertz CT molecular complexity index is 637. The van der Waals surface area contributed by atoms with E-state index in [0.717, 1.165) is 7.14 Å². The summed E-state index contributed by atoms with van der Waals surface area (Å²) < 4.78 is 46.6. The highest BCUT2D eigenvalue weighted by atomic mass is 127. The van der Waals surface area contributed by atoms with E-state index in [4.69, 9.17) is 0 Å². The van der Waals surface area contributed by atoms with Crippen molar-refractivity contribution < 1.29 is 48.6 Å². The van der Waals surface area contributed by atoms with Crippen LogP contribution in [0.25, 0.3) is 0 Å². The van der Waals surface area contributed by atoms with Crippen LogP contribution in [0.5, 0.6) is 5.75 Å². The predicted molar refractivity (Wildman–Crippen MR) is 68.3 cm³/mol. The van der Waals surface area contributed by atoms with Gasteiger partial charge in [0.1, 0.15) is 5.75 Å². The second-order valence-electron chi connectivity index (χ2n) is 4.09. The molecule has 0 aliphatic rings. The third kappa shape index (κ3) is 4.90. The van der Waals surface area contributed by atoms with Crippen molar-refractivity contribution >= 4 is 5.97 Å². The smallest absolute Gasteiger partial charge is 0.465 e. The van der Waals surface area contributed by atoms with E-state index in [0.29, 0.717) is 5.56 Å². The molecule has 0 bridgehead atoms. The molecule has 0 spiro atoms. The third-order valence-electron chi connectivity index (χ3n) is 2.53. The van der Waals surface area contributed by atoms with Crippen LogP contribution in [-0.2, 0) is 4.74 Å². The van der Waals surface area contributed by atoms with Crippen molar-refractivity contribution in [1.82, 2.24) is 0 Å². The lowest BCUT2D eigenvalue weighted by atomic mass is 10.2. The number of carbonyl (C=O) groups excluding carboxylic acids is 1. The number of esters is 1. The molecule has 116 valence electrons. The van der Waals surface area contributed by atoms with Gasteiger partial charge in [-0.15, -0.1) is 13.2 Å². The quantitative estimate of drug-likeness (QED) is 0.531. The minimum atomic E-state index is -4.68. The summed E-state index contributed by atoms with van der Waals surface area (Å²) in [6.07, 6.45) is -4.68. The summed E-state index contributed by atoms with van der Waals surface area (Å²) in [5.41, 5.74) is 0.462. The van der Waals surface area contributed by atoms with Crippen LogP contribution in [0.3, 0.4) is 0 Å². The molecule has 2 aromatic carbocycles. The van der Waals surface area contributed by atoms with Gasteiger partial charge in [0, 0.05) is 0 Å². The average Bonchev–Trinajstić information content (AvgIpc) is 2.48. The number of carbonyl (C=O) groups is 1. The van der Waals surface area contributed by atoms with Gasteiger partial charge >= 0.3 is 33.5 Å². The number of alkyl halides is 3. The van der Waals surface area contributed by atoms with E-state index in [1.807, 2.05) is 12.1 Å². The Morgan fingerprint density at radius 1 is 0.955 bits per heavy atom. The SMILES string of the molecule is COC(=O)c1ccc([I+]c2ccc(OC(F)(F)F)cc2)cc1. The van der Waals surface area contributed by atoms with Crippen molar-refractivity contribution in [2.24, 2.45) is 0 Å². The molecule has 2 aromatic rings. The van der Waals surface area contributed by atoms with Crippen molar-refractivity contribution in [1.29, 1.82) is 0 Å². The summed E-state index contributed by atoms with van der Waals surface area (Å²) in [6, 6.07) is 12.8. The Morgan fingerprint density at radius 2 is 1.45 bits per heavy atom. The van der Waals surface area contributed by atoms with Crippen molar-refractivity contribution in [3.05, 3.63) is 61.2 Å². The van der Waals surface area contributed by atoms with E-state index in [9.17, 15) is 18.0 Å². The summed E-state index contributed by atoms with van der Waals surface area (Å²) >= 11 is -0.544. The first-order valence-electron chi connectivity index (χ1n) is 6.06. The normalized spacial score (nSPS) is 11.1. The second kappa shape index (κ2) is 6.99. The molecule has 0 aromatic heterocycles. The van der Waals surface area contributed by atoms with Crippen LogP contribution >= 0.6 is 0 Å². The van der Waals surface area contributed by atoms with E-state index in [-0.39, 0.29) is 5.75 Å². The molecule has 0 unspecified atom stereocenters. The predicted octanol–water partition coefficient (Wildman–Crippen LogP) is 0.500. The highest BCUT2D eigenvalue weighted by molar-refractivity contribution is 5.89. The molecule has 2 rings (SSSR count). The van der Waals surface area contributed by atoms with Crippen LogP contribution in [-0.4, -0.2) is 19.4 Å². The van der Waals surface area contributed by atoms with Crippen LogP contribution in [0.4, 0.5) is 13.2 Å². The minimum absolute atomic E-state index is 0.235. The zero-order valence-electron chi connectivity index (χ0n) is 11.4. The summed E-state index contributed by atoms with van der Waals surface area (Å²) in [6.45, 7) is 0. The fraction of sp³-hybridized carbons (Fsp3) is 0.133. The van der Waals surface area contributed by atoms with Gasteiger partial charge in [-0.25, -0.2) is 4.79 Å². The Balaban J connectivity index is 2.03. The van der Waals surface area contributed by atoms with Crippen LogP contribution in [0, 0.1) is 7.14 Å². The molecule has 0 saturated heterocycles. The summed E-state index contributed by atoms with van der Waals surface area (Å²) in [7, 11) is 1.31. The van der Waals surface area contributed by atoms with Crippen molar-refractivity contribution in [3.63, 3.8) is 0 Å². The first-order chi connectivity index (χ1) is 10.4. The molecule has 0 aliphatic heterocycles. The average molecular weight is 423 g/mol. The largest absolute Gasteiger partial charge is 0.573 e. The zero-order valence-corrected chi connectivity index (χ0v) is 13.5. The highest BCUT2D eigenvalue weighted by Crippen LogP contribution is 2.21. The molecule has 0 amide bonds. The molecule has 0 fully saturated rings. The van der Waals surface area contributed by atoms with E-state index in [2.05, 4.69) is 9.47 Å². The van der Waals surface area contributed by atoms with Crippen molar-refractivity contribution in [2.75, 3.05) is 7.11 Å². The Morgan fingerprint density at radius 3 is 1.91 bits per heavy atom. The Hall–Kier alpha value is -1.77. The van der Waals surface area contributed by atoms with Gasteiger partial charge in [-0.2, -0.15) is 0 Å². The molecular weight excluding hydrogens is 412 g/mol. The zero-order chi connectivity index (χ0) is 16.2. The van der Waals surface area contributed by atoms with Gasteiger partial charge in [-0.1, -0.05) is 0 Å². The van der Waals surface area contributed by atoms with Gasteiger partial charge < -0.3 is 9.47 Å². The lowest BCUT2D eigenvalue weighted by Crippen LogP contribution is -3.61. The molecular formula is C15H11F3IO3+. The highest BCUT2D eigenvalue weighted by Gasteiger charge is 2.31. The molecule has 0 N–H and O–H groups in total. The second-order valence-corrected chi connectivity index (χ2v) is 7.13. The van der Waals surface area contributed by atoms with Crippen molar-refractivity contribution in [2.45, 2.75) is 6.36 Å².